The molecule has 1 saturated heterocycles. The number of rotatable bonds is 7. The van der Waals surface area contributed by atoms with Crippen molar-refractivity contribution in [2.24, 2.45) is 12.8 Å². The molecule has 0 spiro atoms. The molecular formula is C14H26N6OS. The van der Waals surface area contributed by atoms with E-state index in [9.17, 15) is 5.11 Å². The molecule has 0 aromatic carbocycles. The fraction of sp³-hybridized carbons (Fsp3) is 0.786. The second-order valence-electron chi connectivity index (χ2n) is 6.11. The third-order valence-corrected chi connectivity index (χ3v) is 5.18. The van der Waals surface area contributed by atoms with Crippen molar-refractivity contribution in [3.63, 3.8) is 0 Å². The molecule has 4 unspecified atom stereocenters. The lowest BCUT2D eigenvalue weighted by Gasteiger charge is -2.19. The molecule has 2 rings (SSSR count). The molecule has 4 atom stereocenters. The van der Waals surface area contributed by atoms with Crippen molar-refractivity contribution < 1.29 is 5.11 Å². The zero-order chi connectivity index (χ0) is 16.1. The Morgan fingerprint density at radius 2 is 2.36 bits per heavy atom. The number of nitrogens with one attached hydrogen (secondary N) is 1. The lowest BCUT2D eigenvalue weighted by molar-refractivity contribution is 0.153. The van der Waals surface area contributed by atoms with E-state index in [4.69, 9.17) is 5.73 Å². The summed E-state index contributed by atoms with van der Waals surface area (Å²) in [6.07, 6.45) is 5.33. The maximum Gasteiger partial charge on any atom is 0.209 e. The zero-order valence-corrected chi connectivity index (χ0v) is 14.3. The monoisotopic (exact) mass is 326 g/mol. The Bertz CT molecular complexity index is 501. The van der Waals surface area contributed by atoms with Crippen LogP contribution in [-0.4, -0.2) is 48.9 Å². The third kappa shape index (κ3) is 5.05. The van der Waals surface area contributed by atoms with Crippen molar-refractivity contribution in [1.82, 2.24) is 25.5 Å². The van der Waals surface area contributed by atoms with Crippen LogP contribution >= 0.6 is 11.8 Å². The molecule has 0 saturated carbocycles. The minimum absolute atomic E-state index is 0.0283. The van der Waals surface area contributed by atoms with Gasteiger partial charge in [0.05, 0.1) is 0 Å². The van der Waals surface area contributed by atoms with Crippen molar-refractivity contribution in [3.05, 3.63) is 11.6 Å². The highest BCUT2D eigenvalue weighted by molar-refractivity contribution is 7.99. The maximum atomic E-state index is 9.62. The van der Waals surface area contributed by atoms with Crippen molar-refractivity contribution >= 4 is 11.8 Å². The number of aliphatic hydroxyl groups is 1. The molecule has 1 aromatic heterocycles. The molecule has 1 aliphatic rings. The maximum absolute atomic E-state index is 9.62. The number of hydrogen-bond acceptors (Lipinski definition) is 7. The van der Waals surface area contributed by atoms with Crippen LogP contribution in [0.5, 0.6) is 0 Å². The van der Waals surface area contributed by atoms with Gasteiger partial charge < -0.3 is 10.8 Å². The van der Waals surface area contributed by atoms with Crippen LogP contribution in [0, 0.1) is 0 Å². The first kappa shape index (κ1) is 17.4. The van der Waals surface area contributed by atoms with Gasteiger partial charge in [0.15, 0.2) is 0 Å². The predicted octanol–water partition coefficient (Wildman–Crippen LogP) is 0.815. The van der Waals surface area contributed by atoms with E-state index >= 15 is 0 Å². The number of aromatic nitrogens is 4. The minimum atomic E-state index is -0.466. The number of aliphatic hydroxyl groups excluding tert-OH is 1. The van der Waals surface area contributed by atoms with Gasteiger partial charge in [0.1, 0.15) is 6.23 Å². The predicted molar refractivity (Wildman–Crippen MR) is 87.2 cm³/mol. The lowest BCUT2D eigenvalue weighted by Crippen LogP contribution is -2.37. The summed E-state index contributed by atoms with van der Waals surface area (Å²) in [7, 11) is 1.85. The molecule has 22 heavy (non-hydrogen) atoms. The fourth-order valence-corrected chi connectivity index (χ4v) is 3.60. The van der Waals surface area contributed by atoms with Crippen LogP contribution in [0.15, 0.2) is 16.8 Å². The van der Waals surface area contributed by atoms with Crippen LogP contribution in [-0.2, 0) is 7.05 Å². The van der Waals surface area contributed by atoms with E-state index in [0.29, 0.717) is 11.7 Å². The second kappa shape index (κ2) is 8.05. The van der Waals surface area contributed by atoms with Crippen LogP contribution in [0.4, 0.5) is 0 Å². The molecule has 0 amide bonds. The fourth-order valence-electron chi connectivity index (χ4n) is 2.59. The van der Waals surface area contributed by atoms with E-state index in [2.05, 4.69) is 40.8 Å². The lowest BCUT2D eigenvalue weighted by atomic mass is 10.0. The number of thioether (sulfide) groups is 1. The summed E-state index contributed by atoms with van der Waals surface area (Å²) in [6.45, 7) is 4.22. The van der Waals surface area contributed by atoms with Gasteiger partial charge in [-0.1, -0.05) is 23.4 Å². The minimum Gasteiger partial charge on any atom is -0.379 e. The van der Waals surface area contributed by atoms with E-state index in [-0.39, 0.29) is 12.1 Å². The topological polar surface area (TPSA) is 102 Å². The van der Waals surface area contributed by atoms with Gasteiger partial charge in [-0.05, 0) is 43.5 Å². The van der Waals surface area contributed by atoms with E-state index in [1.54, 1.807) is 16.4 Å². The first-order valence-electron chi connectivity index (χ1n) is 7.67. The summed E-state index contributed by atoms with van der Waals surface area (Å²) in [6, 6.07) is 0.211. The molecule has 1 aliphatic heterocycles. The van der Waals surface area contributed by atoms with Gasteiger partial charge in [-0.15, -0.1) is 5.10 Å². The first-order valence-corrected chi connectivity index (χ1v) is 8.55. The van der Waals surface area contributed by atoms with Gasteiger partial charge in [0, 0.05) is 30.8 Å². The molecule has 0 radical (unpaired) electrons. The van der Waals surface area contributed by atoms with Crippen LogP contribution in [0.1, 0.15) is 39.5 Å². The molecule has 1 fully saturated rings. The Morgan fingerprint density at radius 1 is 1.59 bits per heavy atom. The number of nitrogens with two attached hydrogens (primary N) is 1. The van der Waals surface area contributed by atoms with Gasteiger partial charge in [-0.2, -0.15) is 0 Å². The number of hydrogen-bond donors (Lipinski definition) is 3. The summed E-state index contributed by atoms with van der Waals surface area (Å²) in [4.78, 5) is 0. The Kier molecular flexibility index (Phi) is 6.37. The Morgan fingerprint density at radius 3 is 2.91 bits per heavy atom. The van der Waals surface area contributed by atoms with Crippen molar-refractivity contribution in [1.29, 1.82) is 0 Å². The summed E-state index contributed by atoms with van der Waals surface area (Å²) in [5, 5.41) is 25.6. The van der Waals surface area contributed by atoms with E-state index in [0.717, 1.165) is 24.4 Å². The average molecular weight is 326 g/mol. The Labute approximate surface area is 135 Å². The normalized spacial score (nSPS) is 26.1. The van der Waals surface area contributed by atoms with Gasteiger partial charge in [-0.25, -0.2) is 4.68 Å². The first-order chi connectivity index (χ1) is 10.5. The third-order valence-electron chi connectivity index (χ3n) is 3.86. The smallest absolute Gasteiger partial charge is 0.209 e. The number of allylic oxidation sites excluding steroid dienone is 2. The van der Waals surface area contributed by atoms with Gasteiger partial charge in [-0.3, -0.25) is 5.32 Å². The van der Waals surface area contributed by atoms with Crippen molar-refractivity contribution in [2.75, 3.05) is 0 Å². The van der Waals surface area contributed by atoms with Crippen molar-refractivity contribution in [3.8, 4) is 0 Å². The quantitative estimate of drug-likeness (QED) is 0.503. The van der Waals surface area contributed by atoms with Gasteiger partial charge in [0.25, 0.3) is 0 Å². The molecule has 8 heteroatoms. The molecule has 4 N–H and O–H groups in total. The largest absolute Gasteiger partial charge is 0.379 e. The molecule has 124 valence electrons. The highest BCUT2D eigenvalue weighted by Crippen LogP contribution is 2.28. The zero-order valence-electron chi connectivity index (χ0n) is 13.4. The summed E-state index contributed by atoms with van der Waals surface area (Å²) in [5.41, 5.74) is 7.37. The highest BCUT2D eigenvalue weighted by Gasteiger charge is 2.30. The molecule has 7 nitrogen and oxygen atoms in total. The number of nitrogens with zero attached hydrogens (tertiary/aromatic N) is 4. The average Bonchev–Trinajstić information content (AvgIpc) is 2.98. The van der Waals surface area contributed by atoms with Gasteiger partial charge in [0.2, 0.25) is 5.16 Å². The van der Waals surface area contributed by atoms with Crippen LogP contribution in [0.25, 0.3) is 0 Å². The van der Waals surface area contributed by atoms with Crippen LogP contribution < -0.4 is 11.1 Å². The molecule has 2 heterocycles. The summed E-state index contributed by atoms with van der Waals surface area (Å²) in [5.74, 6) is 0. The Hall–Kier alpha value is -0.960. The summed E-state index contributed by atoms with van der Waals surface area (Å²) >= 11 is 1.70. The Balaban J connectivity index is 1.92. The standard InChI is InChI=1S/C14H26N6OS/c1-9(2)4-5-10(22-14-17-18-19-20(14)3)6-7-12-11(15)8-13(21)16-12/h4,10-13,16,21H,5-8,15H2,1-3H3. The summed E-state index contributed by atoms with van der Waals surface area (Å²) < 4.78 is 1.70. The second-order valence-corrected chi connectivity index (χ2v) is 7.38. The van der Waals surface area contributed by atoms with E-state index < -0.39 is 6.23 Å². The van der Waals surface area contributed by atoms with E-state index in [1.165, 1.54) is 5.57 Å². The molecule has 0 bridgehead atoms. The SMILES string of the molecule is CC(C)=CCC(CCC1NC(O)CC1N)Sc1nnnn1C. The van der Waals surface area contributed by atoms with E-state index in [1.807, 2.05) is 7.05 Å². The van der Waals surface area contributed by atoms with Crippen LogP contribution in [0.2, 0.25) is 0 Å². The van der Waals surface area contributed by atoms with Gasteiger partial charge >= 0.3 is 0 Å². The highest BCUT2D eigenvalue weighted by atomic mass is 32.2. The number of tetrazole rings is 1. The molecule has 1 aromatic rings. The molecule has 0 aliphatic carbocycles. The van der Waals surface area contributed by atoms with Crippen molar-refractivity contribution in [2.45, 2.75) is 68.2 Å². The molecular weight excluding hydrogens is 300 g/mol. The number of aryl methyl sites for hydroxylation is 1. The van der Waals surface area contributed by atoms with Crippen LogP contribution in [0.3, 0.4) is 0 Å².